The lowest BCUT2D eigenvalue weighted by atomic mass is 9.85. The van der Waals surface area contributed by atoms with Crippen LogP contribution in [0.3, 0.4) is 0 Å². The normalized spacial score (nSPS) is 16.3. The van der Waals surface area contributed by atoms with Gasteiger partial charge in [-0.05, 0) is 85.5 Å². The predicted molar refractivity (Wildman–Crippen MR) is 252 cm³/mol. The number of benzene rings is 3. The Morgan fingerprint density at radius 2 is 1.60 bits per heavy atom. The van der Waals surface area contributed by atoms with Crippen molar-refractivity contribution in [2.45, 2.75) is 102 Å². The number of carbonyl (C=O) groups excluding carboxylic acids is 6. The van der Waals surface area contributed by atoms with Crippen molar-refractivity contribution in [3.05, 3.63) is 123 Å². The van der Waals surface area contributed by atoms with E-state index >= 15 is 0 Å². The molecule has 3 aromatic carbocycles. The minimum absolute atomic E-state index is 0.0143. The minimum atomic E-state index is -1.90. The number of ether oxygens (including phenoxy) is 3. The molecular weight excluding hydrogens is 869 g/mol. The Hall–Kier alpha value is -7.20. The molecule has 68 heavy (non-hydrogen) atoms. The van der Waals surface area contributed by atoms with Crippen LogP contribution in [0.15, 0.2) is 89.7 Å². The molecule has 0 saturated carbocycles. The van der Waals surface area contributed by atoms with Crippen molar-refractivity contribution < 1.29 is 43.0 Å². The van der Waals surface area contributed by atoms with Crippen molar-refractivity contribution in [2.75, 3.05) is 19.7 Å². The molecule has 3 aliphatic rings. The molecular formula is C52H56N6O10. The minimum Gasteiger partial charge on any atom is -0.457 e. The van der Waals surface area contributed by atoms with Crippen LogP contribution in [0.5, 0.6) is 0 Å². The van der Waals surface area contributed by atoms with E-state index < -0.39 is 47.4 Å². The third-order valence-electron chi connectivity index (χ3n) is 13.4. The molecule has 0 unspecified atom stereocenters. The standard InChI is InChI=1S/C52H56N6O10/c1-2-52(40-27-43-47-33(25-31-13-3-8-19-41(31)56-47)28-58(43)49(63)39(40)30-66-50(52)64)68-46(61)22-21-45(60)55-24-12-10-14-32(48(54)62)26-44(59)42(20-9-11-23-53)57-51(65)67-29-38-36-17-6-4-15-34(36)35-16-5-7-18-37(35)38/h3-8,13,15-19,25,27,32,38,42H,2,9-12,14,20-24,26,28-30,53H2,1H3,(H2,54,62)(H,55,60)(H,57,65)/t32-,42+,52+/m1/s1. The first-order chi connectivity index (χ1) is 32.9. The van der Waals surface area contributed by atoms with Crippen molar-refractivity contribution in [1.29, 1.82) is 0 Å². The van der Waals surface area contributed by atoms with Gasteiger partial charge in [0.1, 0.15) is 13.2 Å². The fourth-order valence-electron chi connectivity index (χ4n) is 9.69. The highest BCUT2D eigenvalue weighted by Crippen LogP contribution is 2.45. The molecule has 354 valence electrons. The molecule has 16 heteroatoms. The van der Waals surface area contributed by atoms with Gasteiger partial charge >= 0.3 is 18.0 Å². The lowest BCUT2D eigenvalue weighted by Crippen LogP contribution is -2.47. The molecule has 3 atom stereocenters. The number of pyridine rings is 2. The summed E-state index contributed by atoms with van der Waals surface area (Å²) in [5, 5.41) is 6.42. The quantitative estimate of drug-likeness (QED) is 0.0381. The van der Waals surface area contributed by atoms with Gasteiger partial charge in [0.25, 0.3) is 5.56 Å². The third-order valence-corrected chi connectivity index (χ3v) is 13.4. The van der Waals surface area contributed by atoms with E-state index in [0.717, 1.165) is 38.7 Å². The number of nitrogens with two attached hydrogens (primary N) is 2. The van der Waals surface area contributed by atoms with Crippen LogP contribution in [0, 0.1) is 5.92 Å². The highest BCUT2D eigenvalue weighted by atomic mass is 16.6. The fraction of sp³-hybridized carbons (Fsp3) is 0.385. The van der Waals surface area contributed by atoms with Crippen LogP contribution in [0.25, 0.3) is 33.4 Å². The third kappa shape index (κ3) is 9.77. The van der Waals surface area contributed by atoms with Crippen LogP contribution in [0.1, 0.15) is 105 Å². The largest absolute Gasteiger partial charge is 0.457 e. The summed E-state index contributed by atoms with van der Waals surface area (Å²) >= 11 is 0. The second kappa shape index (κ2) is 20.8. The van der Waals surface area contributed by atoms with Crippen molar-refractivity contribution in [3.63, 3.8) is 0 Å². The van der Waals surface area contributed by atoms with Gasteiger partial charge in [0.2, 0.25) is 17.4 Å². The molecule has 0 fully saturated rings. The van der Waals surface area contributed by atoms with Gasteiger partial charge in [-0.3, -0.25) is 24.0 Å². The van der Waals surface area contributed by atoms with E-state index in [2.05, 4.69) is 10.6 Å². The summed E-state index contributed by atoms with van der Waals surface area (Å²) in [5.74, 6) is -4.02. The number of cyclic esters (lactones) is 1. The average molecular weight is 925 g/mol. The summed E-state index contributed by atoms with van der Waals surface area (Å²) in [5.41, 5.74) is 16.7. The van der Waals surface area contributed by atoms with Crippen LogP contribution >= 0.6 is 0 Å². The number of carbonyl (C=O) groups is 6. The summed E-state index contributed by atoms with van der Waals surface area (Å²) in [7, 11) is 0. The fourth-order valence-corrected chi connectivity index (χ4v) is 9.69. The zero-order valence-electron chi connectivity index (χ0n) is 38.1. The first kappa shape index (κ1) is 47.3. The van der Waals surface area contributed by atoms with Crippen LogP contribution in [-0.2, 0) is 56.9 Å². The SMILES string of the molecule is CC[C@@]1(OC(=O)CCC(=O)NCCCC[C@H](CC(=O)[C@H](CCCCN)NC(=O)OCC2c3ccccc3-c3ccccc32)C(N)=O)C(=O)OCc2c1cc1n(c2=O)Cc2cc3ccccc3nc2-1. The van der Waals surface area contributed by atoms with Gasteiger partial charge in [-0.2, -0.15) is 0 Å². The van der Waals surface area contributed by atoms with E-state index in [1.807, 2.05) is 78.9 Å². The second-order valence-corrected chi connectivity index (χ2v) is 17.7. The number of esters is 2. The maximum atomic E-state index is 13.8. The summed E-state index contributed by atoms with van der Waals surface area (Å²) in [6.45, 7) is 2.40. The molecule has 6 N–H and O–H groups in total. The zero-order chi connectivity index (χ0) is 48.0. The van der Waals surface area contributed by atoms with Crippen LogP contribution < -0.4 is 27.7 Å². The predicted octanol–water partition coefficient (Wildman–Crippen LogP) is 5.79. The van der Waals surface area contributed by atoms with E-state index in [-0.39, 0.29) is 80.2 Å². The monoisotopic (exact) mass is 924 g/mol. The smallest absolute Gasteiger partial charge is 0.407 e. The summed E-state index contributed by atoms with van der Waals surface area (Å²) < 4.78 is 18.6. The zero-order valence-corrected chi connectivity index (χ0v) is 38.1. The summed E-state index contributed by atoms with van der Waals surface area (Å²) in [4.78, 5) is 97.6. The Morgan fingerprint density at radius 1 is 0.897 bits per heavy atom. The Labute approximate surface area is 393 Å². The molecule has 0 saturated heterocycles. The first-order valence-electron chi connectivity index (χ1n) is 23.4. The number of para-hydroxylation sites is 1. The molecule has 8 rings (SSSR count). The van der Waals surface area contributed by atoms with E-state index in [4.69, 9.17) is 30.7 Å². The van der Waals surface area contributed by atoms with Crippen LogP contribution in [-0.4, -0.2) is 70.9 Å². The molecule has 2 aliphatic heterocycles. The van der Waals surface area contributed by atoms with E-state index in [1.165, 1.54) is 0 Å². The Bertz CT molecular complexity index is 2800. The molecule has 3 amide bonds. The maximum Gasteiger partial charge on any atom is 0.407 e. The van der Waals surface area contributed by atoms with Gasteiger partial charge in [-0.15, -0.1) is 0 Å². The number of unbranched alkanes of at least 4 members (excludes halogenated alkanes) is 2. The Kier molecular flexibility index (Phi) is 14.4. The number of fused-ring (bicyclic) bond motifs is 8. The number of primary amides is 1. The first-order valence-corrected chi connectivity index (χ1v) is 23.4. The van der Waals surface area contributed by atoms with Gasteiger partial charge in [0.05, 0.1) is 41.5 Å². The van der Waals surface area contributed by atoms with Gasteiger partial charge in [0, 0.05) is 47.7 Å². The lowest BCUT2D eigenvalue weighted by molar-refractivity contribution is -0.189. The number of nitrogens with one attached hydrogen (secondary N) is 2. The molecule has 0 radical (unpaired) electrons. The van der Waals surface area contributed by atoms with E-state index in [1.54, 1.807) is 17.6 Å². The lowest BCUT2D eigenvalue weighted by Gasteiger charge is -2.35. The molecule has 16 nitrogen and oxygen atoms in total. The number of alkyl carbamates (subject to hydrolysis) is 1. The molecule has 5 aromatic rings. The Balaban J connectivity index is 0.806. The van der Waals surface area contributed by atoms with E-state index in [0.29, 0.717) is 56.6 Å². The van der Waals surface area contributed by atoms with Crippen molar-refractivity contribution in [2.24, 2.45) is 17.4 Å². The van der Waals surface area contributed by atoms with Crippen LogP contribution in [0.2, 0.25) is 0 Å². The van der Waals surface area contributed by atoms with Crippen molar-refractivity contribution in [1.82, 2.24) is 20.2 Å². The highest BCUT2D eigenvalue weighted by Gasteiger charge is 2.50. The van der Waals surface area contributed by atoms with E-state index in [9.17, 15) is 33.6 Å². The molecule has 1 aliphatic carbocycles. The van der Waals surface area contributed by atoms with Gasteiger partial charge < -0.3 is 40.9 Å². The summed E-state index contributed by atoms with van der Waals surface area (Å²) in [6, 6.07) is 26.4. The topological polar surface area (TPSA) is 241 Å². The second-order valence-electron chi connectivity index (χ2n) is 17.7. The molecule has 0 spiro atoms. The number of ketones is 1. The molecule has 2 aromatic heterocycles. The number of hydrogen-bond donors (Lipinski definition) is 4. The molecule has 4 heterocycles. The van der Waals surface area contributed by atoms with Gasteiger partial charge in [-0.1, -0.05) is 80.1 Å². The number of nitrogens with zero attached hydrogens (tertiary/aromatic N) is 2. The Morgan fingerprint density at radius 3 is 2.32 bits per heavy atom. The number of rotatable bonds is 21. The van der Waals surface area contributed by atoms with Crippen molar-refractivity contribution in [3.8, 4) is 22.5 Å². The number of amides is 3. The van der Waals surface area contributed by atoms with Crippen molar-refractivity contribution >= 4 is 46.5 Å². The number of aromatic nitrogens is 2. The number of Topliss-reactive ketones (excluding diaryl/α,β-unsaturated/α-hetero) is 1. The van der Waals surface area contributed by atoms with Gasteiger partial charge in [-0.25, -0.2) is 14.6 Å². The average Bonchev–Trinajstić information content (AvgIpc) is 3.86. The summed E-state index contributed by atoms with van der Waals surface area (Å²) in [6.07, 6.45) is 1.17. The molecule has 0 bridgehead atoms. The maximum absolute atomic E-state index is 13.8. The number of hydrogen-bond acceptors (Lipinski definition) is 12. The highest BCUT2D eigenvalue weighted by molar-refractivity contribution is 5.92. The van der Waals surface area contributed by atoms with Gasteiger partial charge in [0.15, 0.2) is 5.78 Å². The van der Waals surface area contributed by atoms with Crippen LogP contribution in [0.4, 0.5) is 4.79 Å².